The van der Waals surface area contributed by atoms with Crippen LogP contribution >= 0.6 is 23.2 Å². The third kappa shape index (κ3) is 17.8. The van der Waals surface area contributed by atoms with Crippen LogP contribution in [-0.2, 0) is 66.7 Å². The summed E-state index contributed by atoms with van der Waals surface area (Å²) in [6, 6.07) is 28.9. The number of rotatable bonds is 23. The number of nitrogens with one attached hydrogen (secondary N) is 2. The minimum atomic E-state index is -2.21. The molecule has 0 saturated carbocycles. The van der Waals surface area contributed by atoms with Gasteiger partial charge in [0.05, 0.1) is 111 Å². The number of aliphatic carboxylic acids is 2. The van der Waals surface area contributed by atoms with Gasteiger partial charge in [-0.1, -0.05) is 96.0 Å². The fourth-order valence-corrected chi connectivity index (χ4v) is 8.73. The summed E-state index contributed by atoms with van der Waals surface area (Å²) in [5, 5.41) is 25.5. The Morgan fingerprint density at radius 1 is 0.500 bits per heavy atom. The molecule has 8 N–H and O–H groups in total. The predicted octanol–water partition coefficient (Wildman–Crippen LogP) is 6.14. The van der Waals surface area contributed by atoms with Crippen LogP contribution < -0.4 is 22.1 Å². The van der Waals surface area contributed by atoms with Gasteiger partial charge in [-0.05, 0) is 75.2 Å². The summed E-state index contributed by atoms with van der Waals surface area (Å²) in [4.78, 5) is 97.8. The second kappa shape index (κ2) is 33.4. The number of hydrogen-bond acceptors (Lipinski definition) is 20. The molecule has 438 valence electrons. The Bertz CT molecular complexity index is 2850. The number of carboxylic acid groups (broad SMARTS) is 2. The SMILES string of the molecule is CCOC(=O)C1=C(COCCN)NC(C)=C(C(=O)OC)[C@@H]1c1ccccc1Cl.CCOC(=O)C1=C(COCCN)NC(C)=C(C(=O)OC)[C@@H]1c1ccccc1Cl.O=C(O[C@@H](C(=O)O)[C@@H](OC(=O)c1ccccc1)C(=O)O)c1ccccc1. The topological polar surface area (TPSA) is 327 Å². The number of ether oxygens (including phenoxy) is 8. The Kier molecular flexibility index (Phi) is 26.9. The molecule has 0 aliphatic carbocycles. The summed E-state index contributed by atoms with van der Waals surface area (Å²) in [5.74, 6) is -9.36. The highest BCUT2D eigenvalue weighted by Crippen LogP contribution is 2.43. The maximum atomic E-state index is 12.9. The zero-order chi connectivity index (χ0) is 60.5. The van der Waals surface area contributed by atoms with Crippen molar-refractivity contribution in [3.63, 3.8) is 0 Å². The summed E-state index contributed by atoms with van der Waals surface area (Å²) >= 11 is 12.8. The van der Waals surface area contributed by atoms with Crippen molar-refractivity contribution in [1.29, 1.82) is 0 Å². The van der Waals surface area contributed by atoms with Crippen molar-refractivity contribution in [2.75, 3.05) is 67.0 Å². The number of hydrogen-bond donors (Lipinski definition) is 6. The van der Waals surface area contributed by atoms with Crippen LogP contribution in [-0.4, -0.2) is 137 Å². The maximum absolute atomic E-state index is 12.9. The van der Waals surface area contributed by atoms with Crippen molar-refractivity contribution in [1.82, 2.24) is 10.6 Å². The third-order valence-electron chi connectivity index (χ3n) is 11.8. The fraction of sp³-hybridized carbons (Fsp3) is 0.310. The molecular formula is C58H64Cl2N4O18. The number of methoxy groups -OCH3 is 2. The number of allylic oxidation sites excluding steroid dienone is 2. The molecule has 0 radical (unpaired) electrons. The van der Waals surface area contributed by atoms with Gasteiger partial charge in [0.25, 0.3) is 0 Å². The molecule has 0 unspecified atom stereocenters. The number of dihydropyridines is 2. The van der Waals surface area contributed by atoms with Gasteiger partial charge in [-0.3, -0.25) is 0 Å². The number of esters is 6. The molecule has 82 heavy (non-hydrogen) atoms. The summed E-state index contributed by atoms with van der Waals surface area (Å²) in [6.45, 7) is 8.83. The van der Waals surface area contributed by atoms with Gasteiger partial charge < -0.3 is 70.2 Å². The van der Waals surface area contributed by atoms with E-state index in [1.54, 1.807) is 88.4 Å². The van der Waals surface area contributed by atoms with Crippen molar-refractivity contribution in [3.8, 4) is 0 Å². The number of carbonyl (C=O) groups excluding carboxylic acids is 6. The van der Waals surface area contributed by atoms with Crippen LogP contribution in [0.3, 0.4) is 0 Å². The van der Waals surface area contributed by atoms with Gasteiger partial charge >= 0.3 is 47.8 Å². The molecule has 4 atom stereocenters. The maximum Gasteiger partial charge on any atom is 0.349 e. The lowest BCUT2D eigenvalue weighted by Gasteiger charge is -2.31. The molecule has 0 bridgehead atoms. The summed E-state index contributed by atoms with van der Waals surface area (Å²) < 4.78 is 41.1. The van der Waals surface area contributed by atoms with Crippen molar-refractivity contribution in [3.05, 3.63) is 187 Å². The zero-order valence-electron chi connectivity index (χ0n) is 45.7. The molecule has 0 amide bonds. The molecule has 4 aromatic rings. The highest BCUT2D eigenvalue weighted by Gasteiger charge is 2.43. The van der Waals surface area contributed by atoms with E-state index in [2.05, 4.69) is 10.6 Å². The van der Waals surface area contributed by atoms with E-state index in [0.717, 1.165) is 0 Å². The number of halogens is 2. The first kappa shape index (κ1) is 66.1. The lowest BCUT2D eigenvalue weighted by atomic mass is 9.80. The molecule has 24 heteroatoms. The van der Waals surface area contributed by atoms with E-state index in [0.29, 0.717) is 81.4 Å². The van der Waals surface area contributed by atoms with Crippen molar-refractivity contribution < 1.29 is 86.5 Å². The van der Waals surface area contributed by atoms with Gasteiger partial charge in [-0.25, -0.2) is 38.4 Å². The van der Waals surface area contributed by atoms with Crippen LogP contribution in [0.15, 0.2) is 154 Å². The number of carboxylic acids is 2. The molecule has 2 heterocycles. The van der Waals surface area contributed by atoms with E-state index >= 15 is 0 Å². The summed E-state index contributed by atoms with van der Waals surface area (Å²) in [5.41, 5.74) is 15.5. The average molecular weight is 1180 g/mol. The normalized spacial score (nSPS) is 15.3. The zero-order valence-corrected chi connectivity index (χ0v) is 47.2. The first-order chi connectivity index (χ1) is 39.3. The molecular weight excluding hydrogens is 1110 g/mol. The van der Waals surface area contributed by atoms with E-state index in [-0.39, 0.29) is 48.7 Å². The summed E-state index contributed by atoms with van der Waals surface area (Å²) in [7, 11) is 2.58. The lowest BCUT2D eigenvalue weighted by molar-refractivity contribution is -0.166. The molecule has 0 fully saturated rings. The Balaban J connectivity index is 0.000000265. The van der Waals surface area contributed by atoms with E-state index in [1.165, 1.54) is 62.8 Å². The molecule has 4 aromatic carbocycles. The molecule has 6 rings (SSSR count). The van der Waals surface area contributed by atoms with Crippen LogP contribution in [0.5, 0.6) is 0 Å². The predicted molar refractivity (Wildman–Crippen MR) is 298 cm³/mol. The standard InChI is InChI=1S/2C20H25ClN2O5.C18H14O8/c2*1-4-28-20(25)18-15(11-27-10-9-22)23-12(2)16(19(24)26-3)17(18)13-7-5-6-8-14(13)21;19-15(20)13(25-17(23)11-7-3-1-4-8-11)14(16(21)22)26-18(24)12-9-5-2-6-10-12/h2*5-8,17,23H,4,9-11,22H2,1-3H3;1-10,13-14H,(H,19,20)(H,21,22)/t2*17-;13-,14-/m001/s1. The van der Waals surface area contributed by atoms with Crippen molar-refractivity contribution in [2.24, 2.45) is 11.5 Å². The lowest BCUT2D eigenvalue weighted by Crippen LogP contribution is -2.45. The van der Waals surface area contributed by atoms with Crippen LogP contribution in [0.1, 0.15) is 71.4 Å². The van der Waals surface area contributed by atoms with Crippen LogP contribution in [0.25, 0.3) is 0 Å². The van der Waals surface area contributed by atoms with E-state index in [1.807, 2.05) is 0 Å². The molecule has 2 aliphatic rings. The largest absolute Gasteiger partial charge is 0.478 e. The van der Waals surface area contributed by atoms with Crippen LogP contribution in [0.2, 0.25) is 10.0 Å². The smallest absolute Gasteiger partial charge is 0.349 e. The van der Waals surface area contributed by atoms with Gasteiger partial charge in [-0.2, -0.15) is 0 Å². The highest BCUT2D eigenvalue weighted by atomic mass is 35.5. The molecule has 2 aliphatic heterocycles. The van der Waals surface area contributed by atoms with Gasteiger partial charge in [0.15, 0.2) is 0 Å². The Labute approximate surface area is 482 Å². The second-order valence-electron chi connectivity index (χ2n) is 17.2. The van der Waals surface area contributed by atoms with Gasteiger partial charge in [0.1, 0.15) is 0 Å². The number of nitrogens with two attached hydrogens (primary N) is 2. The quantitative estimate of drug-likeness (QED) is 0.0276. The minimum absolute atomic E-state index is 0.0253. The van der Waals surface area contributed by atoms with Crippen LogP contribution in [0.4, 0.5) is 0 Å². The van der Waals surface area contributed by atoms with E-state index < -0.39 is 71.8 Å². The van der Waals surface area contributed by atoms with Gasteiger partial charge in [0, 0.05) is 34.5 Å². The van der Waals surface area contributed by atoms with E-state index in [9.17, 15) is 48.6 Å². The molecule has 0 spiro atoms. The molecule has 0 aromatic heterocycles. The van der Waals surface area contributed by atoms with Crippen molar-refractivity contribution in [2.45, 2.75) is 51.7 Å². The number of carbonyl (C=O) groups is 8. The highest BCUT2D eigenvalue weighted by molar-refractivity contribution is 6.32. The third-order valence-corrected chi connectivity index (χ3v) is 12.5. The Morgan fingerprint density at radius 3 is 1.12 bits per heavy atom. The second-order valence-corrected chi connectivity index (χ2v) is 18.0. The molecule has 0 saturated heterocycles. The van der Waals surface area contributed by atoms with Gasteiger partial charge in [0.2, 0.25) is 12.2 Å². The van der Waals surface area contributed by atoms with Crippen molar-refractivity contribution >= 4 is 71.0 Å². The average Bonchev–Trinajstić information content (AvgIpc) is 2.11. The first-order valence-corrected chi connectivity index (χ1v) is 26.0. The fourth-order valence-electron chi connectivity index (χ4n) is 8.24. The van der Waals surface area contributed by atoms with Gasteiger partial charge in [-0.15, -0.1) is 0 Å². The molecule has 22 nitrogen and oxygen atoms in total. The monoisotopic (exact) mass is 1170 g/mol. The van der Waals surface area contributed by atoms with E-state index in [4.69, 9.17) is 72.6 Å². The summed E-state index contributed by atoms with van der Waals surface area (Å²) in [6.07, 6.45) is -4.43. The van der Waals surface area contributed by atoms with Crippen LogP contribution in [0, 0.1) is 0 Å². The number of benzene rings is 4. The first-order valence-electron chi connectivity index (χ1n) is 25.3. The minimum Gasteiger partial charge on any atom is -0.478 e. The Hall–Kier alpha value is -8.38. The Morgan fingerprint density at radius 2 is 0.829 bits per heavy atom.